The number of halogens is 3. The third-order valence-corrected chi connectivity index (χ3v) is 7.34. The molecule has 0 spiro atoms. The summed E-state index contributed by atoms with van der Waals surface area (Å²) in [6.45, 7) is 4.01. The Morgan fingerprint density at radius 3 is 2.41 bits per heavy atom. The summed E-state index contributed by atoms with van der Waals surface area (Å²) in [5.74, 6) is -0.491. The first-order chi connectivity index (χ1) is 19.5. The molecule has 3 amide bonds. The molecule has 0 unspecified atom stereocenters. The van der Waals surface area contributed by atoms with Crippen LogP contribution in [0.15, 0.2) is 72.8 Å². The van der Waals surface area contributed by atoms with Gasteiger partial charge in [-0.25, -0.2) is 4.79 Å². The molecular formula is C31H34F3N3O4. The van der Waals surface area contributed by atoms with Gasteiger partial charge in [0.15, 0.2) is 0 Å². The molecule has 1 heterocycles. The molecule has 0 fully saturated rings. The molecule has 1 aliphatic rings. The minimum absolute atomic E-state index is 0.0216. The fourth-order valence-electron chi connectivity index (χ4n) is 4.90. The van der Waals surface area contributed by atoms with Gasteiger partial charge in [0.2, 0.25) is 0 Å². The van der Waals surface area contributed by atoms with E-state index >= 15 is 0 Å². The van der Waals surface area contributed by atoms with Crippen molar-refractivity contribution in [1.82, 2.24) is 9.80 Å². The van der Waals surface area contributed by atoms with E-state index in [4.69, 9.17) is 4.74 Å². The maximum Gasteiger partial charge on any atom is 0.416 e. The number of hydrogen-bond donors (Lipinski definition) is 2. The number of aliphatic hydroxyl groups is 1. The Morgan fingerprint density at radius 1 is 1.07 bits per heavy atom. The van der Waals surface area contributed by atoms with Gasteiger partial charge in [-0.2, -0.15) is 13.2 Å². The van der Waals surface area contributed by atoms with Crippen LogP contribution in [0.5, 0.6) is 0 Å². The molecule has 0 aliphatic carbocycles. The monoisotopic (exact) mass is 569 g/mol. The van der Waals surface area contributed by atoms with Crippen LogP contribution in [0.4, 0.5) is 23.7 Å². The third kappa shape index (κ3) is 7.07. The number of anilines is 1. The highest BCUT2D eigenvalue weighted by Crippen LogP contribution is 2.32. The summed E-state index contributed by atoms with van der Waals surface area (Å²) < 4.78 is 45.8. The fourth-order valence-corrected chi connectivity index (χ4v) is 4.90. The SMILES string of the molecule is C[C@H](CO)N1C[C@H](C)[C@@H](CN(C)C(=O)Nc2cccc(C(F)(F)F)c2)OCc2ccccc2-c2ccccc2C1=O. The largest absolute Gasteiger partial charge is 0.416 e. The summed E-state index contributed by atoms with van der Waals surface area (Å²) in [5.41, 5.74) is 2.15. The number of ether oxygens (including phenoxy) is 1. The van der Waals surface area contributed by atoms with E-state index in [0.717, 1.165) is 28.8 Å². The highest BCUT2D eigenvalue weighted by Gasteiger charge is 2.32. The van der Waals surface area contributed by atoms with E-state index in [1.165, 1.54) is 24.1 Å². The first-order valence-corrected chi connectivity index (χ1v) is 13.4. The van der Waals surface area contributed by atoms with Crippen LogP contribution in [0.2, 0.25) is 0 Å². The number of nitrogens with zero attached hydrogens (tertiary/aromatic N) is 2. The van der Waals surface area contributed by atoms with Crippen molar-refractivity contribution in [3.05, 3.63) is 89.5 Å². The molecule has 4 rings (SSSR count). The molecule has 0 radical (unpaired) electrons. The minimum atomic E-state index is -4.53. The van der Waals surface area contributed by atoms with Crippen molar-refractivity contribution in [2.75, 3.05) is 32.1 Å². The number of carbonyl (C=O) groups excluding carboxylic acids is 2. The van der Waals surface area contributed by atoms with Gasteiger partial charge in [0.05, 0.1) is 30.9 Å². The van der Waals surface area contributed by atoms with E-state index < -0.39 is 29.9 Å². The zero-order chi connectivity index (χ0) is 29.7. The lowest BCUT2D eigenvalue weighted by atomic mass is 9.94. The van der Waals surface area contributed by atoms with Crippen LogP contribution in [0.3, 0.4) is 0 Å². The molecule has 3 atom stereocenters. The van der Waals surface area contributed by atoms with Crippen LogP contribution < -0.4 is 5.32 Å². The lowest BCUT2D eigenvalue weighted by molar-refractivity contribution is -0.137. The van der Waals surface area contributed by atoms with Crippen LogP contribution in [0, 0.1) is 5.92 Å². The Labute approximate surface area is 237 Å². The van der Waals surface area contributed by atoms with E-state index in [2.05, 4.69) is 5.32 Å². The van der Waals surface area contributed by atoms with Gasteiger partial charge in [-0.15, -0.1) is 0 Å². The maximum atomic E-state index is 13.9. The Balaban J connectivity index is 1.62. The zero-order valence-corrected chi connectivity index (χ0v) is 23.2. The normalized spacial score (nSPS) is 18.5. The number of urea groups is 1. The van der Waals surface area contributed by atoms with Crippen molar-refractivity contribution in [2.45, 2.75) is 38.8 Å². The molecule has 7 nitrogen and oxygen atoms in total. The summed E-state index contributed by atoms with van der Waals surface area (Å²) in [7, 11) is 1.53. The van der Waals surface area contributed by atoms with Gasteiger partial charge in [-0.05, 0) is 47.9 Å². The number of fused-ring (bicyclic) bond motifs is 3. The summed E-state index contributed by atoms with van der Waals surface area (Å²) >= 11 is 0. The van der Waals surface area contributed by atoms with Crippen molar-refractivity contribution in [1.29, 1.82) is 0 Å². The summed E-state index contributed by atoms with van der Waals surface area (Å²) in [4.78, 5) is 29.8. The average molecular weight is 570 g/mol. The molecule has 3 aromatic rings. The van der Waals surface area contributed by atoms with Crippen LogP contribution in [0.1, 0.15) is 35.3 Å². The molecule has 10 heteroatoms. The second-order valence-corrected chi connectivity index (χ2v) is 10.4. The van der Waals surface area contributed by atoms with Crippen LogP contribution >= 0.6 is 0 Å². The number of alkyl halides is 3. The van der Waals surface area contributed by atoms with Gasteiger partial charge in [-0.3, -0.25) is 4.79 Å². The lowest BCUT2D eigenvalue weighted by Crippen LogP contribution is -2.48. The number of rotatable bonds is 5. The first-order valence-electron chi connectivity index (χ1n) is 13.4. The third-order valence-electron chi connectivity index (χ3n) is 7.34. The summed E-state index contributed by atoms with van der Waals surface area (Å²) in [5, 5.41) is 12.5. The molecule has 0 aromatic heterocycles. The number of likely N-dealkylation sites (N-methyl/N-ethyl adjacent to an activating group) is 1. The van der Waals surface area contributed by atoms with Crippen LogP contribution in [0.25, 0.3) is 11.1 Å². The van der Waals surface area contributed by atoms with Crippen molar-refractivity contribution in [3.8, 4) is 11.1 Å². The van der Waals surface area contributed by atoms with Gasteiger partial charge < -0.3 is 25.0 Å². The highest BCUT2D eigenvalue weighted by atomic mass is 19.4. The zero-order valence-electron chi connectivity index (χ0n) is 23.2. The molecule has 218 valence electrons. The molecule has 0 saturated heterocycles. The van der Waals surface area contributed by atoms with E-state index in [1.54, 1.807) is 17.9 Å². The van der Waals surface area contributed by atoms with Gasteiger partial charge in [0.1, 0.15) is 0 Å². The highest BCUT2D eigenvalue weighted by molar-refractivity contribution is 6.01. The molecule has 1 aliphatic heterocycles. The molecule has 41 heavy (non-hydrogen) atoms. The number of benzene rings is 3. The smallest absolute Gasteiger partial charge is 0.394 e. The number of nitrogens with one attached hydrogen (secondary N) is 1. The van der Waals surface area contributed by atoms with Crippen LogP contribution in [-0.4, -0.2) is 65.7 Å². The predicted octanol–water partition coefficient (Wildman–Crippen LogP) is 5.89. The molecule has 0 saturated carbocycles. The number of amides is 3. The average Bonchev–Trinajstić information content (AvgIpc) is 2.97. The minimum Gasteiger partial charge on any atom is -0.394 e. The lowest BCUT2D eigenvalue weighted by Gasteiger charge is -2.35. The van der Waals surface area contributed by atoms with Gasteiger partial charge in [0, 0.05) is 37.3 Å². The standard InChI is InChI=1S/C31H34F3N3O4/c1-20-16-37(21(2)18-38)29(39)27-14-7-6-13-26(27)25-12-5-4-9-22(25)19-41-28(20)17-36(3)30(40)35-24-11-8-10-23(15-24)31(32,33)34/h4-15,20-21,28,38H,16-19H2,1-3H3,(H,35,40)/t20-,21+,28+/m0/s1. The Hall–Kier alpha value is -3.89. The molecule has 3 aromatic carbocycles. The summed E-state index contributed by atoms with van der Waals surface area (Å²) in [6.07, 6.45) is -5.07. The number of aliphatic hydroxyl groups excluding tert-OH is 1. The topological polar surface area (TPSA) is 82.1 Å². The van der Waals surface area contributed by atoms with Gasteiger partial charge >= 0.3 is 12.2 Å². The Bertz CT molecular complexity index is 1380. The van der Waals surface area contributed by atoms with Crippen LogP contribution in [-0.2, 0) is 17.5 Å². The Kier molecular flexibility index (Phi) is 9.35. The predicted molar refractivity (Wildman–Crippen MR) is 150 cm³/mol. The quantitative estimate of drug-likeness (QED) is 0.401. The maximum absolute atomic E-state index is 13.9. The van der Waals surface area contributed by atoms with E-state index in [1.807, 2.05) is 49.4 Å². The molecular weight excluding hydrogens is 535 g/mol. The first kappa shape index (κ1) is 30.1. The van der Waals surface area contributed by atoms with Crippen molar-refractivity contribution in [2.24, 2.45) is 5.92 Å². The van der Waals surface area contributed by atoms with E-state index in [0.29, 0.717) is 5.56 Å². The van der Waals surface area contributed by atoms with Gasteiger partial charge in [-0.1, -0.05) is 55.5 Å². The number of carbonyl (C=O) groups is 2. The van der Waals surface area contributed by atoms with Crippen molar-refractivity contribution < 1.29 is 32.6 Å². The van der Waals surface area contributed by atoms with Gasteiger partial charge in [0.25, 0.3) is 5.91 Å². The van der Waals surface area contributed by atoms with E-state index in [-0.39, 0.29) is 43.8 Å². The number of hydrogen-bond acceptors (Lipinski definition) is 4. The second-order valence-electron chi connectivity index (χ2n) is 10.4. The fraction of sp³-hybridized carbons (Fsp3) is 0.355. The second kappa shape index (κ2) is 12.7. The Morgan fingerprint density at radius 2 is 1.73 bits per heavy atom. The molecule has 0 bridgehead atoms. The van der Waals surface area contributed by atoms with Crippen molar-refractivity contribution in [3.63, 3.8) is 0 Å². The molecule has 2 N–H and O–H groups in total. The van der Waals surface area contributed by atoms with E-state index in [9.17, 15) is 27.9 Å². The van der Waals surface area contributed by atoms with Crippen molar-refractivity contribution >= 4 is 17.6 Å². The summed E-state index contributed by atoms with van der Waals surface area (Å²) in [6, 6.07) is 18.3.